The van der Waals surface area contributed by atoms with Crippen molar-refractivity contribution in [2.24, 2.45) is 7.05 Å². The Morgan fingerprint density at radius 3 is 2.50 bits per heavy atom. The highest BCUT2D eigenvalue weighted by Gasteiger charge is 2.21. The topological polar surface area (TPSA) is 57.5 Å². The lowest BCUT2D eigenvalue weighted by Crippen LogP contribution is -2.16. The number of ketones is 1. The van der Waals surface area contributed by atoms with Gasteiger partial charge in [0.15, 0.2) is 0 Å². The molecular formula is C13H13NO4. The maximum absolute atomic E-state index is 11.9. The Kier molecular flexibility index (Phi) is 3.06. The summed E-state index contributed by atoms with van der Waals surface area (Å²) in [6.07, 6.45) is 1.81. The van der Waals surface area contributed by atoms with Gasteiger partial charge in [0.05, 0.1) is 25.3 Å². The Morgan fingerprint density at radius 2 is 1.89 bits per heavy atom. The number of benzene rings is 1. The number of esters is 1. The zero-order chi connectivity index (χ0) is 13.3. The van der Waals surface area contributed by atoms with Crippen molar-refractivity contribution in [3.63, 3.8) is 0 Å². The molecule has 0 bridgehead atoms. The van der Waals surface area contributed by atoms with E-state index in [1.54, 1.807) is 37.1 Å². The second kappa shape index (κ2) is 4.52. The fourth-order valence-electron chi connectivity index (χ4n) is 1.96. The Hall–Kier alpha value is -2.30. The van der Waals surface area contributed by atoms with Crippen LogP contribution < -0.4 is 4.74 Å². The largest absolute Gasteiger partial charge is 0.496 e. The van der Waals surface area contributed by atoms with E-state index in [2.05, 4.69) is 4.74 Å². The molecule has 18 heavy (non-hydrogen) atoms. The number of hydrogen-bond donors (Lipinski definition) is 0. The van der Waals surface area contributed by atoms with Crippen LogP contribution in [0, 0.1) is 0 Å². The van der Waals surface area contributed by atoms with Crippen LogP contribution >= 0.6 is 0 Å². The van der Waals surface area contributed by atoms with Gasteiger partial charge in [0, 0.05) is 18.6 Å². The summed E-state index contributed by atoms with van der Waals surface area (Å²) in [6, 6.07) is 5.07. The van der Waals surface area contributed by atoms with Gasteiger partial charge >= 0.3 is 5.97 Å². The smallest absolute Gasteiger partial charge is 0.379 e. The summed E-state index contributed by atoms with van der Waals surface area (Å²) >= 11 is 0. The van der Waals surface area contributed by atoms with Gasteiger partial charge in [-0.2, -0.15) is 0 Å². The molecule has 0 aliphatic carbocycles. The predicted octanol–water partition coefficient (Wildman–Crippen LogP) is 1.54. The summed E-state index contributed by atoms with van der Waals surface area (Å²) in [6.45, 7) is 0. The van der Waals surface area contributed by atoms with E-state index in [9.17, 15) is 9.59 Å². The molecule has 0 saturated heterocycles. The fraction of sp³-hybridized carbons (Fsp3) is 0.231. The molecule has 1 heterocycles. The van der Waals surface area contributed by atoms with Gasteiger partial charge in [-0.05, 0) is 18.2 Å². The first-order chi connectivity index (χ1) is 8.60. The van der Waals surface area contributed by atoms with E-state index in [4.69, 9.17) is 4.74 Å². The van der Waals surface area contributed by atoms with Crippen molar-refractivity contribution in [2.45, 2.75) is 0 Å². The number of fused-ring (bicyclic) bond motifs is 1. The highest BCUT2D eigenvalue weighted by atomic mass is 16.5. The quantitative estimate of drug-likeness (QED) is 0.469. The number of aryl methyl sites for hydroxylation is 1. The van der Waals surface area contributed by atoms with Crippen LogP contribution in [-0.4, -0.2) is 30.5 Å². The SMILES string of the molecule is COC(=O)C(=O)c1ccc(OC)c2ccn(C)c12. The van der Waals surface area contributed by atoms with Gasteiger partial charge in [-0.15, -0.1) is 0 Å². The third-order valence-corrected chi connectivity index (χ3v) is 2.83. The number of Topliss-reactive ketones (excluding diaryl/α,β-unsaturated/α-hetero) is 1. The molecule has 0 unspecified atom stereocenters. The van der Waals surface area contributed by atoms with Crippen LogP contribution in [0.4, 0.5) is 0 Å². The van der Waals surface area contributed by atoms with Gasteiger partial charge in [-0.1, -0.05) is 0 Å². The van der Waals surface area contributed by atoms with Gasteiger partial charge in [-0.3, -0.25) is 4.79 Å². The molecule has 5 heteroatoms. The molecule has 0 atom stereocenters. The molecule has 1 aromatic carbocycles. The molecule has 0 radical (unpaired) electrons. The number of aromatic nitrogens is 1. The van der Waals surface area contributed by atoms with E-state index in [-0.39, 0.29) is 0 Å². The molecule has 0 aliphatic rings. The molecule has 0 saturated carbocycles. The minimum atomic E-state index is -0.873. The van der Waals surface area contributed by atoms with E-state index in [0.29, 0.717) is 16.8 Å². The van der Waals surface area contributed by atoms with Gasteiger partial charge in [0.2, 0.25) is 0 Å². The van der Waals surface area contributed by atoms with Crippen molar-refractivity contribution < 1.29 is 19.1 Å². The first kappa shape index (κ1) is 12.2. The average Bonchev–Trinajstić information content (AvgIpc) is 2.78. The molecule has 0 spiro atoms. The van der Waals surface area contributed by atoms with E-state index in [0.717, 1.165) is 5.39 Å². The summed E-state index contributed by atoms with van der Waals surface area (Å²) in [5.74, 6) is -0.873. The number of hydrogen-bond acceptors (Lipinski definition) is 4. The number of ether oxygens (including phenoxy) is 2. The molecule has 2 rings (SSSR count). The molecule has 0 amide bonds. The van der Waals surface area contributed by atoms with Crippen LogP contribution in [0.2, 0.25) is 0 Å². The third kappa shape index (κ3) is 1.73. The first-order valence-corrected chi connectivity index (χ1v) is 5.34. The van der Waals surface area contributed by atoms with Crippen molar-refractivity contribution in [3.05, 3.63) is 30.0 Å². The van der Waals surface area contributed by atoms with Crippen molar-refractivity contribution in [2.75, 3.05) is 14.2 Å². The lowest BCUT2D eigenvalue weighted by molar-refractivity contribution is -0.135. The molecule has 5 nitrogen and oxygen atoms in total. The Bertz CT molecular complexity index is 627. The summed E-state index contributed by atoms with van der Waals surface area (Å²) in [5.41, 5.74) is 0.968. The number of nitrogens with zero attached hydrogens (tertiary/aromatic N) is 1. The second-order valence-electron chi connectivity index (χ2n) is 3.83. The minimum absolute atomic E-state index is 0.310. The molecule has 0 aliphatic heterocycles. The van der Waals surface area contributed by atoms with Gasteiger partial charge in [-0.25, -0.2) is 4.79 Å². The highest BCUT2D eigenvalue weighted by Crippen LogP contribution is 2.29. The predicted molar refractivity (Wildman–Crippen MR) is 65.8 cm³/mol. The molecule has 94 valence electrons. The summed E-state index contributed by atoms with van der Waals surface area (Å²) in [7, 11) is 4.55. The van der Waals surface area contributed by atoms with Crippen LogP contribution in [-0.2, 0) is 16.6 Å². The van der Waals surface area contributed by atoms with E-state index < -0.39 is 11.8 Å². The second-order valence-corrected chi connectivity index (χ2v) is 3.83. The molecule has 2 aromatic rings. The summed E-state index contributed by atoms with van der Waals surface area (Å²) in [5, 5.41) is 0.787. The maximum atomic E-state index is 11.9. The van der Waals surface area contributed by atoms with E-state index >= 15 is 0 Å². The van der Waals surface area contributed by atoms with Crippen LogP contribution in [0.25, 0.3) is 10.9 Å². The zero-order valence-corrected chi connectivity index (χ0v) is 10.4. The normalized spacial score (nSPS) is 10.4. The van der Waals surface area contributed by atoms with Crippen molar-refractivity contribution in [1.82, 2.24) is 4.57 Å². The molecular weight excluding hydrogens is 234 g/mol. The van der Waals surface area contributed by atoms with Crippen LogP contribution in [0.1, 0.15) is 10.4 Å². The molecule has 0 N–H and O–H groups in total. The van der Waals surface area contributed by atoms with E-state index in [1.807, 2.05) is 6.07 Å². The monoisotopic (exact) mass is 247 g/mol. The first-order valence-electron chi connectivity index (χ1n) is 5.34. The van der Waals surface area contributed by atoms with Crippen molar-refractivity contribution in [1.29, 1.82) is 0 Å². The standard InChI is InChI=1S/C13H13NO4/c1-14-7-6-8-10(17-2)5-4-9(11(8)14)12(15)13(16)18-3/h4-7H,1-3H3. The molecule has 1 aromatic heterocycles. The third-order valence-electron chi connectivity index (χ3n) is 2.83. The lowest BCUT2D eigenvalue weighted by Gasteiger charge is -2.07. The fourth-order valence-corrected chi connectivity index (χ4v) is 1.96. The number of methoxy groups -OCH3 is 2. The number of carbonyl (C=O) groups is 2. The number of carbonyl (C=O) groups excluding carboxylic acids is 2. The average molecular weight is 247 g/mol. The summed E-state index contributed by atoms with van der Waals surface area (Å²) < 4.78 is 11.5. The van der Waals surface area contributed by atoms with Crippen molar-refractivity contribution in [3.8, 4) is 5.75 Å². The Morgan fingerprint density at radius 1 is 1.17 bits per heavy atom. The van der Waals surface area contributed by atoms with Gasteiger partial charge in [0.25, 0.3) is 5.78 Å². The van der Waals surface area contributed by atoms with Crippen LogP contribution in [0.5, 0.6) is 5.75 Å². The van der Waals surface area contributed by atoms with Gasteiger partial charge < -0.3 is 14.0 Å². The van der Waals surface area contributed by atoms with Crippen LogP contribution in [0.15, 0.2) is 24.4 Å². The molecule has 0 fully saturated rings. The highest BCUT2D eigenvalue weighted by molar-refractivity contribution is 6.42. The van der Waals surface area contributed by atoms with Crippen LogP contribution in [0.3, 0.4) is 0 Å². The van der Waals surface area contributed by atoms with Crippen molar-refractivity contribution >= 4 is 22.7 Å². The number of rotatable bonds is 3. The van der Waals surface area contributed by atoms with E-state index in [1.165, 1.54) is 7.11 Å². The summed E-state index contributed by atoms with van der Waals surface area (Å²) in [4.78, 5) is 23.2. The minimum Gasteiger partial charge on any atom is -0.496 e. The Labute approximate surface area is 104 Å². The lowest BCUT2D eigenvalue weighted by atomic mass is 10.1. The Balaban J connectivity index is 2.69. The maximum Gasteiger partial charge on any atom is 0.379 e. The zero-order valence-electron chi connectivity index (χ0n) is 10.4. The van der Waals surface area contributed by atoms with Gasteiger partial charge in [0.1, 0.15) is 5.75 Å².